The van der Waals surface area contributed by atoms with Crippen molar-refractivity contribution in [2.45, 2.75) is 12.9 Å². The zero-order chi connectivity index (χ0) is 22.6. The lowest BCUT2D eigenvalue weighted by molar-refractivity contribution is -0.274. The SMILES string of the molecule is CN(C)CCN(C(=O)NCc1ccc(Cl)cc1)c1nc2ccc(OC(F)(F)F)cc2s1.Cl. The van der Waals surface area contributed by atoms with Gasteiger partial charge < -0.3 is 15.0 Å². The number of carbonyl (C=O) groups excluding carboxylic acids is 1. The first kappa shape index (κ1) is 26.0. The normalized spacial score (nSPS) is 11.3. The van der Waals surface area contributed by atoms with Gasteiger partial charge in [0.1, 0.15) is 5.75 Å². The summed E-state index contributed by atoms with van der Waals surface area (Å²) in [7, 11) is 3.76. The highest BCUT2D eigenvalue weighted by atomic mass is 35.5. The summed E-state index contributed by atoms with van der Waals surface area (Å²) in [5.74, 6) is -0.331. The van der Waals surface area contributed by atoms with E-state index in [4.69, 9.17) is 11.6 Å². The van der Waals surface area contributed by atoms with Crippen molar-refractivity contribution in [3.63, 3.8) is 0 Å². The van der Waals surface area contributed by atoms with Crippen molar-refractivity contribution < 1.29 is 22.7 Å². The van der Waals surface area contributed by atoms with Crippen LogP contribution in [0.15, 0.2) is 42.5 Å². The van der Waals surface area contributed by atoms with E-state index in [1.54, 1.807) is 12.1 Å². The molecule has 3 rings (SSSR count). The van der Waals surface area contributed by atoms with E-state index in [1.807, 2.05) is 31.1 Å². The number of thiazole rings is 1. The van der Waals surface area contributed by atoms with Gasteiger partial charge in [0.25, 0.3) is 0 Å². The largest absolute Gasteiger partial charge is 0.573 e. The molecule has 0 bridgehead atoms. The molecule has 174 valence electrons. The number of hydrogen-bond donors (Lipinski definition) is 1. The second-order valence-electron chi connectivity index (χ2n) is 6.91. The van der Waals surface area contributed by atoms with Crippen LogP contribution in [0.2, 0.25) is 5.02 Å². The highest BCUT2D eigenvalue weighted by Gasteiger charge is 2.31. The van der Waals surface area contributed by atoms with E-state index in [0.717, 1.165) is 16.9 Å². The van der Waals surface area contributed by atoms with Crippen LogP contribution in [0.4, 0.5) is 23.1 Å². The Morgan fingerprint density at radius 1 is 1.16 bits per heavy atom. The van der Waals surface area contributed by atoms with Crippen LogP contribution in [0.3, 0.4) is 0 Å². The molecule has 2 aromatic carbocycles. The predicted molar refractivity (Wildman–Crippen MR) is 123 cm³/mol. The Morgan fingerprint density at radius 3 is 2.47 bits per heavy atom. The molecule has 12 heteroatoms. The summed E-state index contributed by atoms with van der Waals surface area (Å²) in [6, 6.07) is 10.6. The number of amides is 2. The van der Waals surface area contributed by atoms with Gasteiger partial charge in [-0.1, -0.05) is 35.1 Å². The molecule has 1 aromatic heterocycles. The van der Waals surface area contributed by atoms with Crippen molar-refractivity contribution in [3.05, 3.63) is 53.1 Å². The number of ether oxygens (including phenoxy) is 1. The molecule has 6 nitrogen and oxygen atoms in total. The zero-order valence-electron chi connectivity index (χ0n) is 17.1. The maximum absolute atomic E-state index is 12.9. The molecular formula is C20H21Cl2F3N4O2S. The Bertz CT molecular complexity index is 1050. The number of rotatable bonds is 7. The topological polar surface area (TPSA) is 57.7 Å². The standard InChI is InChI=1S/C20H20ClF3N4O2S.ClH/c1-27(2)9-10-28(18(29)25-12-13-3-5-14(21)6-4-13)19-26-16-8-7-15(11-17(16)31-19)30-20(22,23)24;/h3-8,11H,9-10,12H2,1-2H3,(H,25,29);1H. The number of hydrogen-bond acceptors (Lipinski definition) is 5. The predicted octanol–water partition coefficient (Wildman–Crippen LogP) is 5.55. The van der Waals surface area contributed by atoms with E-state index >= 15 is 0 Å². The Labute approximate surface area is 198 Å². The van der Waals surface area contributed by atoms with Crippen LogP contribution in [-0.4, -0.2) is 49.5 Å². The zero-order valence-corrected chi connectivity index (χ0v) is 19.5. The van der Waals surface area contributed by atoms with E-state index in [0.29, 0.717) is 40.0 Å². The summed E-state index contributed by atoms with van der Waals surface area (Å²) in [5.41, 5.74) is 1.36. The third kappa shape index (κ3) is 7.40. The van der Waals surface area contributed by atoms with E-state index in [1.165, 1.54) is 23.1 Å². The molecule has 0 unspecified atom stereocenters. The fraction of sp³-hybridized carbons (Fsp3) is 0.300. The Morgan fingerprint density at radius 2 is 1.84 bits per heavy atom. The van der Waals surface area contributed by atoms with Gasteiger partial charge in [-0.2, -0.15) is 0 Å². The molecule has 0 saturated carbocycles. The van der Waals surface area contributed by atoms with Crippen LogP contribution >= 0.6 is 35.3 Å². The van der Waals surface area contributed by atoms with Gasteiger partial charge in [-0.15, -0.1) is 25.6 Å². The van der Waals surface area contributed by atoms with Gasteiger partial charge in [0.05, 0.1) is 10.2 Å². The lowest BCUT2D eigenvalue weighted by Gasteiger charge is -2.22. The number of urea groups is 1. The number of halogens is 5. The van der Waals surface area contributed by atoms with Crippen molar-refractivity contribution >= 4 is 56.7 Å². The van der Waals surface area contributed by atoms with Gasteiger partial charge in [-0.25, -0.2) is 9.78 Å². The van der Waals surface area contributed by atoms with Crippen LogP contribution in [0.25, 0.3) is 10.2 Å². The van der Waals surface area contributed by atoms with Gasteiger partial charge in [0.2, 0.25) is 0 Å². The fourth-order valence-corrected chi connectivity index (χ4v) is 3.81. The summed E-state index contributed by atoms with van der Waals surface area (Å²) in [6.07, 6.45) is -4.78. The van der Waals surface area contributed by atoms with Crippen LogP contribution in [0.5, 0.6) is 5.75 Å². The molecule has 0 fully saturated rings. The first-order chi connectivity index (χ1) is 14.6. The molecule has 32 heavy (non-hydrogen) atoms. The molecule has 3 aromatic rings. The van der Waals surface area contributed by atoms with Crippen LogP contribution in [-0.2, 0) is 6.54 Å². The number of nitrogens with zero attached hydrogens (tertiary/aromatic N) is 3. The van der Waals surface area contributed by atoms with E-state index in [9.17, 15) is 18.0 Å². The second-order valence-corrected chi connectivity index (χ2v) is 8.36. The average molecular weight is 509 g/mol. The summed E-state index contributed by atoms with van der Waals surface area (Å²) >= 11 is 7.00. The molecule has 0 radical (unpaired) electrons. The minimum atomic E-state index is -4.78. The third-order valence-corrected chi connectivity index (χ3v) is 5.48. The van der Waals surface area contributed by atoms with Crippen molar-refractivity contribution in [1.29, 1.82) is 0 Å². The molecule has 0 aliphatic rings. The first-order valence-corrected chi connectivity index (χ1v) is 10.4. The molecule has 0 spiro atoms. The number of benzene rings is 2. The highest BCUT2D eigenvalue weighted by Crippen LogP contribution is 2.33. The molecule has 1 N–H and O–H groups in total. The summed E-state index contributed by atoms with van der Waals surface area (Å²) in [4.78, 5) is 20.7. The van der Waals surface area contributed by atoms with Crippen molar-refractivity contribution in [3.8, 4) is 5.75 Å². The summed E-state index contributed by atoms with van der Waals surface area (Å²) in [6.45, 7) is 1.22. The maximum Gasteiger partial charge on any atom is 0.573 e. The number of fused-ring (bicyclic) bond motifs is 1. The molecule has 0 atom stereocenters. The highest BCUT2D eigenvalue weighted by molar-refractivity contribution is 7.22. The molecule has 0 aliphatic heterocycles. The van der Waals surface area contributed by atoms with Crippen molar-refractivity contribution in [1.82, 2.24) is 15.2 Å². The Kier molecular flexibility index (Phi) is 8.97. The van der Waals surface area contributed by atoms with Gasteiger partial charge in [0, 0.05) is 30.7 Å². The average Bonchev–Trinajstić information content (AvgIpc) is 3.09. The second kappa shape index (κ2) is 11.0. The van der Waals surface area contributed by atoms with Gasteiger partial charge in [-0.05, 0) is 43.9 Å². The van der Waals surface area contributed by atoms with Crippen molar-refractivity contribution in [2.75, 3.05) is 32.1 Å². The molecule has 0 saturated heterocycles. The maximum atomic E-state index is 12.9. The number of anilines is 1. The minimum absolute atomic E-state index is 0. The summed E-state index contributed by atoms with van der Waals surface area (Å²) < 4.78 is 41.9. The third-order valence-electron chi connectivity index (χ3n) is 4.19. The number of aromatic nitrogens is 1. The van der Waals surface area contributed by atoms with E-state index in [2.05, 4.69) is 15.0 Å². The quantitative estimate of drug-likeness (QED) is 0.454. The number of alkyl halides is 3. The Balaban J connectivity index is 0.00000363. The smallest absolute Gasteiger partial charge is 0.406 e. The van der Waals surface area contributed by atoms with Crippen molar-refractivity contribution in [2.24, 2.45) is 0 Å². The fourth-order valence-electron chi connectivity index (χ4n) is 2.66. The number of carbonyl (C=O) groups is 1. The number of likely N-dealkylation sites (N-methyl/N-ethyl adjacent to an activating group) is 1. The van der Waals surface area contributed by atoms with Gasteiger partial charge >= 0.3 is 12.4 Å². The monoisotopic (exact) mass is 508 g/mol. The lowest BCUT2D eigenvalue weighted by atomic mass is 10.2. The Hall–Kier alpha value is -2.27. The molecule has 2 amide bonds. The first-order valence-electron chi connectivity index (χ1n) is 9.21. The van der Waals surface area contributed by atoms with E-state index in [-0.39, 0.29) is 24.2 Å². The summed E-state index contributed by atoms with van der Waals surface area (Å²) in [5, 5.41) is 3.83. The minimum Gasteiger partial charge on any atom is -0.406 e. The van der Waals surface area contributed by atoms with Crippen LogP contribution in [0.1, 0.15) is 5.56 Å². The van der Waals surface area contributed by atoms with Crippen LogP contribution in [0, 0.1) is 0 Å². The molecule has 0 aliphatic carbocycles. The van der Waals surface area contributed by atoms with Gasteiger partial charge in [0.15, 0.2) is 5.13 Å². The number of nitrogens with one attached hydrogen (secondary N) is 1. The molecule has 1 heterocycles. The van der Waals surface area contributed by atoms with Crippen LogP contribution < -0.4 is 15.0 Å². The molecular weight excluding hydrogens is 488 g/mol. The van der Waals surface area contributed by atoms with Gasteiger partial charge in [-0.3, -0.25) is 4.90 Å². The van der Waals surface area contributed by atoms with E-state index < -0.39 is 6.36 Å². The lowest BCUT2D eigenvalue weighted by Crippen LogP contribution is -2.43.